The minimum absolute atomic E-state index is 0.156. The number of aryl methyl sites for hydroxylation is 1. The summed E-state index contributed by atoms with van der Waals surface area (Å²) in [6.07, 6.45) is 5.00. The molecule has 0 atom stereocenters. The Morgan fingerprint density at radius 3 is 2.47 bits per heavy atom. The van der Waals surface area contributed by atoms with Gasteiger partial charge < -0.3 is 5.32 Å². The molecule has 0 heterocycles. The summed E-state index contributed by atoms with van der Waals surface area (Å²) in [7, 11) is -1.97. The van der Waals surface area contributed by atoms with Crippen molar-refractivity contribution < 1.29 is 21.9 Å². The molecule has 0 aliphatic carbocycles. The van der Waals surface area contributed by atoms with E-state index in [0.717, 1.165) is 35.0 Å². The van der Waals surface area contributed by atoms with E-state index >= 15 is 0 Å². The molecule has 3 N–H and O–H groups in total. The van der Waals surface area contributed by atoms with Crippen LogP contribution in [0.25, 0.3) is 17.2 Å². The molecule has 0 aromatic heterocycles. The summed E-state index contributed by atoms with van der Waals surface area (Å²) in [5.41, 5.74) is 3.99. The van der Waals surface area contributed by atoms with E-state index in [-0.39, 0.29) is 10.5 Å². The molecule has 3 aromatic rings. The van der Waals surface area contributed by atoms with Gasteiger partial charge in [-0.15, -0.1) is 0 Å². The molecule has 4 nitrogen and oxygen atoms in total. The van der Waals surface area contributed by atoms with Gasteiger partial charge in [0, 0.05) is 22.5 Å². The van der Waals surface area contributed by atoms with Crippen LogP contribution in [0, 0.1) is 18.6 Å². The number of halogens is 2. The van der Waals surface area contributed by atoms with Crippen LogP contribution in [0.15, 0.2) is 83.4 Å². The van der Waals surface area contributed by atoms with Gasteiger partial charge >= 0.3 is 10.0 Å². The van der Waals surface area contributed by atoms with Gasteiger partial charge in [-0.2, -0.15) is 8.42 Å². The second-order valence-corrected chi connectivity index (χ2v) is 9.18. The zero-order chi connectivity index (χ0) is 23.3. The maximum Gasteiger partial charge on any atom is 0.324 e. The van der Waals surface area contributed by atoms with Crippen LogP contribution in [-0.4, -0.2) is 15.5 Å². The Kier molecular flexibility index (Phi) is 7.22. The van der Waals surface area contributed by atoms with Crippen molar-refractivity contribution in [1.29, 1.82) is 0 Å². The number of allylic oxidation sites excluding steroid dienone is 2. The third-order valence-electron chi connectivity index (χ3n) is 5.03. The smallest absolute Gasteiger partial charge is 0.324 e. The van der Waals surface area contributed by atoms with Gasteiger partial charge in [-0.1, -0.05) is 30.3 Å². The second-order valence-electron chi connectivity index (χ2n) is 7.17. The summed E-state index contributed by atoms with van der Waals surface area (Å²) in [5, 5.41) is 3.27. The molecule has 0 radical (unpaired) electrons. The SMILES string of the molecule is CC=C(C=Cc1cc(F)ccc1F)Nc1ccc(-c2ccccc2S(=O)(=O)[NH2+]C)cc1C. The molecule has 0 aliphatic heterocycles. The Balaban J connectivity index is 1.88. The van der Waals surface area contributed by atoms with E-state index in [1.165, 1.54) is 17.8 Å². The van der Waals surface area contributed by atoms with Gasteiger partial charge in [0.15, 0.2) is 0 Å². The lowest BCUT2D eigenvalue weighted by molar-refractivity contribution is -0.461. The first kappa shape index (κ1) is 23.4. The number of rotatable bonds is 7. The lowest BCUT2D eigenvalue weighted by Gasteiger charge is -2.13. The number of hydrogen-bond acceptors (Lipinski definition) is 3. The number of quaternary nitrogens is 1. The Labute approximate surface area is 187 Å². The predicted molar refractivity (Wildman–Crippen MR) is 124 cm³/mol. The number of nitrogens with one attached hydrogen (secondary N) is 1. The fourth-order valence-corrected chi connectivity index (χ4v) is 4.25. The highest BCUT2D eigenvalue weighted by Crippen LogP contribution is 2.30. The highest BCUT2D eigenvalue weighted by molar-refractivity contribution is 7.85. The normalized spacial score (nSPS) is 12.3. The topological polar surface area (TPSA) is 62.8 Å². The molecule has 166 valence electrons. The molecule has 0 saturated carbocycles. The van der Waals surface area contributed by atoms with Crippen molar-refractivity contribution in [2.75, 3.05) is 12.4 Å². The molecule has 0 amide bonds. The van der Waals surface area contributed by atoms with E-state index < -0.39 is 21.7 Å². The molecular weight excluding hydrogens is 430 g/mol. The van der Waals surface area contributed by atoms with Crippen LogP contribution in [0.4, 0.5) is 14.5 Å². The Morgan fingerprint density at radius 1 is 1.03 bits per heavy atom. The van der Waals surface area contributed by atoms with Crippen LogP contribution in [0.5, 0.6) is 0 Å². The van der Waals surface area contributed by atoms with Crippen molar-refractivity contribution in [2.45, 2.75) is 18.7 Å². The van der Waals surface area contributed by atoms with Gasteiger partial charge in [0.1, 0.15) is 16.5 Å². The highest BCUT2D eigenvalue weighted by Gasteiger charge is 2.20. The average Bonchev–Trinajstić information content (AvgIpc) is 2.79. The molecule has 0 unspecified atom stereocenters. The quantitative estimate of drug-likeness (QED) is 0.501. The summed E-state index contributed by atoms with van der Waals surface area (Å²) >= 11 is 0. The van der Waals surface area contributed by atoms with Crippen molar-refractivity contribution in [1.82, 2.24) is 0 Å². The molecule has 32 heavy (non-hydrogen) atoms. The van der Waals surface area contributed by atoms with E-state index in [2.05, 4.69) is 5.32 Å². The minimum atomic E-state index is -3.48. The number of nitrogens with two attached hydrogens (primary N) is 1. The monoisotopic (exact) mass is 455 g/mol. The molecule has 0 spiro atoms. The van der Waals surface area contributed by atoms with Crippen LogP contribution >= 0.6 is 0 Å². The van der Waals surface area contributed by atoms with Crippen molar-refractivity contribution in [3.63, 3.8) is 0 Å². The zero-order valence-corrected chi connectivity index (χ0v) is 18.9. The predicted octanol–water partition coefficient (Wildman–Crippen LogP) is 4.85. The van der Waals surface area contributed by atoms with Crippen LogP contribution in [0.2, 0.25) is 0 Å². The summed E-state index contributed by atoms with van der Waals surface area (Å²) in [6, 6.07) is 15.8. The van der Waals surface area contributed by atoms with Gasteiger partial charge in [0.2, 0.25) is 0 Å². The number of primary sulfonamides is 1. The number of anilines is 1. The maximum absolute atomic E-state index is 13.9. The van der Waals surface area contributed by atoms with E-state index in [9.17, 15) is 17.2 Å². The first-order valence-electron chi connectivity index (χ1n) is 10.1. The van der Waals surface area contributed by atoms with E-state index in [1.807, 2.05) is 38.1 Å². The largest absolute Gasteiger partial charge is 0.356 e. The molecule has 0 bridgehead atoms. The minimum Gasteiger partial charge on any atom is -0.356 e. The van der Waals surface area contributed by atoms with Gasteiger partial charge in [-0.25, -0.2) is 13.5 Å². The van der Waals surface area contributed by atoms with E-state index in [0.29, 0.717) is 11.3 Å². The zero-order valence-electron chi connectivity index (χ0n) is 18.1. The second kappa shape index (κ2) is 9.89. The summed E-state index contributed by atoms with van der Waals surface area (Å²) in [5.74, 6) is -1.01. The van der Waals surface area contributed by atoms with Crippen LogP contribution in [0.1, 0.15) is 18.1 Å². The summed E-state index contributed by atoms with van der Waals surface area (Å²) < 4.78 is 53.3. The standard InChI is InChI=1S/C25H24F2N2O2S/c1-4-21(12-9-19-16-20(26)11-13-23(19)27)29-24-14-10-18(15-17(24)2)22-7-5-6-8-25(22)32(30,31)28-3/h4-16,28-29H,1-3H3/p+1. The van der Waals surface area contributed by atoms with Gasteiger partial charge in [-0.3, -0.25) is 0 Å². The molecule has 3 aromatic carbocycles. The fraction of sp³-hybridized carbons (Fsp3) is 0.120. The van der Waals surface area contributed by atoms with Crippen LogP contribution in [-0.2, 0) is 10.0 Å². The van der Waals surface area contributed by atoms with Crippen molar-refractivity contribution in [3.8, 4) is 11.1 Å². The van der Waals surface area contributed by atoms with Crippen LogP contribution in [0.3, 0.4) is 0 Å². The van der Waals surface area contributed by atoms with Gasteiger partial charge in [-0.05, 0) is 73.5 Å². The lowest BCUT2D eigenvalue weighted by Crippen LogP contribution is -2.83. The Morgan fingerprint density at radius 2 is 1.78 bits per heavy atom. The summed E-state index contributed by atoms with van der Waals surface area (Å²) in [4.78, 5) is 0.261. The third-order valence-corrected chi connectivity index (χ3v) is 6.62. The van der Waals surface area contributed by atoms with Crippen molar-refractivity contribution in [2.24, 2.45) is 0 Å². The fourth-order valence-electron chi connectivity index (χ4n) is 3.24. The van der Waals surface area contributed by atoms with E-state index in [4.69, 9.17) is 0 Å². The van der Waals surface area contributed by atoms with Crippen LogP contribution < -0.4 is 10.0 Å². The highest BCUT2D eigenvalue weighted by atomic mass is 32.2. The molecule has 0 saturated heterocycles. The maximum atomic E-state index is 13.9. The molecule has 7 heteroatoms. The number of sulfonamides is 1. The van der Waals surface area contributed by atoms with Gasteiger partial charge in [0.25, 0.3) is 0 Å². The molecule has 0 fully saturated rings. The lowest BCUT2D eigenvalue weighted by atomic mass is 10.0. The third kappa shape index (κ3) is 5.30. The molecule has 0 aliphatic rings. The molecular formula is C25H25F2N2O2S+. The van der Waals surface area contributed by atoms with Gasteiger partial charge in [0.05, 0.1) is 7.05 Å². The number of benzene rings is 3. The van der Waals surface area contributed by atoms with Crippen molar-refractivity contribution >= 4 is 21.8 Å². The Bertz CT molecular complexity index is 1300. The first-order chi connectivity index (χ1) is 15.2. The number of hydrogen-bond donors (Lipinski definition) is 2. The molecule has 3 rings (SSSR count). The summed E-state index contributed by atoms with van der Waals surface area (Å²) in [6.45, 7) is 3.75. The average molecular weight is 456 g/mol. The van der Waals surface area contributed by atoms with E-state index in [1.54, 1.807) is 30.3 Å². The first-order valence-corrected chi connectivity index (χ1v) is 11.6. The Hall–Kier alpha value is -3.29. The van der Waals surface area contributed by atoms with Crippen molar-refractivity contribution in [3.05, 3.63) is 101 Å².